The highest BCUT2D eigenvalue weighted by Crippen LogP contribution is 2.34. The van der Waals surface area contributed by atoms with Gasteiger partial charge >= 0.3 is 0 Å². The number of carbonyl (C=O) groups is 1. The smallest absolute Gasteiger partial charge is 0.277 e. The fourth-order valence-corrected chi connectivity index (χ4v) is 4.17. The molecule has 1 saturated heterocycles. The molecule has 1 atom stereocenters. The summed E-state index contributed by atoms with van der Waals surface area (Å²) in [5.41, 5.74) is 0.770. The summed E-state index contributed by atoms with van der Waals surface area (Å²) in [6.45, 7) is 4.07. The Morgan fingerprint density at radius 1 is 1.22 bits per heavy atom. The fourth-order valence-electron chi connectivity index (χ4n) is 3.52. The van der Waals surface area contributed by atoms with Crippen LogP contribution >= 0.6 is 11.8 Å². The molecule has 0 saturated carbocycles. The Morgan fingerprint density at radius 2 is 2.07 bits per heavy atom. The van der Waals surface area contributed by atoms with Gasteiger partial charge in [0, 0.05) is 18.2 Å². The van der Waals surface area contributed by atoms with Crippen LogP contribution in [0.4, 0.5) is 0 Å². The third-order valence-corrected chi connectivity index (χ3v) is 5.74. The highest BCUT2D eigenvalue weighted by molar-refractivity contribution is 7.99. The second kappa shape index (κ2) is 8.21. The van der Waals surface area contributed by atoms with E-state index in [1.165, 1.54) is 18.2 Å². The van der Waals surface area contributed by atoms with Crippen LogP contribution in [0.15, 0.2) is 27.8 Å². The van der Waals surface area contributed by atoms with E-state index in [1.807, 2.05) is 23.1 Å². The maximum Gasteiger partial charge on any atom is 0.277 e. The van der Waals surface area contributed by atoms with Crippen LogP contribution in [0.3, 0.4) is 0 Å². The molecule has 0 N–H and O–H groups in total. The maximum absolute atomic E-state index is 12.6. The predicted molar refractivity (Wildman–Crippen MR) is 101 cm³/mol. The minimum Gasteiger partial charge on any atom is -0.486 e. The standard InChI is InChI=1S/C19H23N3O4S/c1-2-14-5-3-4-8-22(14)17(23)12-27-19-21-20-18(26-19)13-6-7-15-16(11-13)25-10-9-24-15/h6-7,11,14H,2-5,8-10,12H2,1H3/t14-/m0/s1. The Kier molecular flexibility index (Phi) is 5.52. The van der Waals surface area contributed by atoms with Crippen molar-refractivity contribution in [3.63, 3.8) is 0 Å². The number of nitrogens with zero attached hydrogens (tertiary/aromatic N) is 3. The van der Waals surface area contributed by atoms with Crippen LogP contribution in [0.5, 0.6) is 11.5 Å². The molecule has 2 aliphatic rings. The van der Waals surface area contributed by atoms with Gasteiger partial charge < -0.3 is 18.8 Å². The number of rotatable bonds is 5. The van der Waals surface area contributed by atoms with E-state index in [-0.39, 0.29) is 5.91 Å². The molecular formula is C19H23N3O4S. The van der Waals surface area contributed by atoms with Gasteiger partial charge in [0.25, 0.3) is 5.22 Å². The van der Waals surface area contributed by atoms with E-state index in [0.29, 0.717) is 41.9 Å². The summed E-state index contributed by atoms with van der Waals surface area (Å²) < 4.78 is 16.8. The Morgan fingerprint density at radius 3 is 2.93 bits per heavy atom. The summed E-state index contributed by atoms with van der Waals surface area (Å²) in [6.07, 6.45) is 4.40. The monoisotopic (exact) mass is 389 g/mol. The van der Waals surface area contributed by atoms with Gasteiger partial charge in [0.05, 0.1) is 5.75 Å². The van der Waals surface area contributed by atoms with Gasteiger partial charge in [-0.15, -0.1) is 10.2 Å². The van der Waals surface area contributed by atoms with E-state index in [2.05, 4.69) is 17.1 Å². The molecule has 1 aromatic carbocycles. The molecular weight excluding hydrogens is 366 g/mol. The second-order valence-corrected chi connectivity index (χ2v) is 7.59. The third-order valence-electron chi connectivity index (χ3n) is 4.93. The first-order chi connectivity index (χ1) is 13.2. The van der Waals surface area contributed by atoms with Crippen molar-refractivity contribution in [1.29, 1.82) is 0 Å². The van der Waals surface area contributed by atoms with Gasteiger partial charge in [-0.05, 0) is 43.9 Å². The van der Waals surface area contributed by atoms with E-state index in [9.17, 15) is 4.79 Å². The summed E-state index contributed by atoms with van der Waals surface area (Å²) in [5.74, 6) is 2.27. The largest absolute Gasteiger partial charge is 0.486 e. The summed E-state index contributed by atoms with van der Waals surface area (Å²) in [5, 5.41) is 8.56. The second-order valence-electron chi connectivity index (χ2n) is 6.67. The number of thioether (sulfide) groups is 1. The number of likely N-dealkylation sites (tertiary alicyclic amines) is 1. The number of fused-ring (bicyclic) bond motifs is 1. The highest BCUT2D eigenvalue weighted by atomic mass is 32.2. The van der Waals surface area contributed by atoms with Crippen LogP contribution in [-0.4, -0.2) is 52.6 Å². The summed E-state index contributed by atoms with van der Waals surface area (Å²) in [7, 11) is 0. The van der Waals surface area contributed by atoms with E-state index in [1.54, 1.807) is 0 Å². The zero-order valence-electron chi connectivity index (χ0n) is 15.3. The topological polar surface area (TPSA) is 77.7 Å². The van der Waals surface area contributed by atoms with Gasteiger partial charge in [0.1, 0.15) is 13.2 Å². The van der Waals surface area contributed by atoms with Crippen molar-refractivity contribution in [3.05, 3.63) is 18.2 Å². The predicted octanol–water partition coefficient (Wildman–Crippen LogP) is 3.39. The molecule has 2 aromatic rings. The van der Waals surface area contributed by atoms with Crippen LogP contribution in [0.1, 0.15) is 32.6 Å². The van der Waals surface area contributed by atoms with Crippen molar-refractivity contribution in [2.75, 3.05) is 25.5 Å². The molecule has 0 bridgehead atoms. The average Bonchev–Trinajstić information content (AvgIpc) is 3.20. The lowest BCUT2D eigenvalue weighted by Gasteiger charge is -2.35. The Labute approximate surface area is 162 Å². The number of hydrogen-bond donors (Lipinski definition) is 0. The highest BCUT2D eigenvalue weighted by Gasteiger charge is 2.25. The molecule has 3 heterocycles. The molecule has 0 aliphatic carbocycles. The van der Waals surface area contributed by atoms with Crippen molar-refractivity contribution < 1.29 is 18.7 Å². The minimum absolute atomic E-state index is 0.144. The number of amides is 1. The van der Waals surface area contributed by atoms with Crippen molar-refractivity contribution in [2.24, 2.45) is 0 Å². The molecule has 8 heteroatoms. The van der Waals surface area contributed by atoms with Crippen LogP contribution in [-0.2, 0) is 4.79 Å². The number of piperidine rings is 1. The van der Waals surface area contributed by atoms with Gasteiger partial charge in [-0.2, -0.15) is 0 Å². The molecule has 2 aliphatic heterocycles. The van der Waals surface area contributed by atoms with Gasteiger partial charge in [0.2, 0.25) is 11.8 Å². The molecule has 0 unspecified atom stereocenters. The fraction of sp³-hybridized carbons (Fsp3) is 0.526. The van der Waals surface area contributed by atoms with Crippen molar-refractivity contribution in [2.45, 2.75) is 43.9 Å². The normalized spacial score (nSPS) is 19.1. The molecule has 144 valence electrons. The average molecular weight is 389 g/mol. The zero-order valence-corrected chi connectivity index (χ0v) is 16.2. The van der Waals surface area contributed by atoms with Gasteiger partial charge in [-0.3, -0.25) is 4.79 Å². The van der Waals surface area contributed by atoms with Crippen LogP contribution in [0.25, 0.3) is 11.5 Å². The Hall–Kier alpha value is -2.22. The van der Waals surface area contributed by atoms with E-state index >= 15 is 0 Å². The number of carbonyl (C=O) groups excluding carboxylic acids is 1. The number of benzene rings is 1. The molecule has 0 spiro atoms. The first-order valence-corrected chi connectivity index (χ1v) is 10.4. The van der Waals surface area contributed by atoms with Crippen LogP contribution in [0.2, 0.25) is 0 Å². The molecule has 4 rings (SSSR count). The first kappa shape index (κ1) is 18.2. The van der Waals surface area contributed by atoms with Crippen LogP contribution < -0.4 is 9.47 Å². The lowest BCUT2D eigenvalue weighted by molar-refractivity contribution is -0.132. The zero-order chi connectivity index (χ0) is 18.6. The summed E-state index contributed by atoms with van der Waals surface area (Å²) in [6, 6.07) is 5.90. The summed E-state index contributed by atoms with van der Waals surface area (Å²) >= 11 is 1.29. The Bertz CT molecular complexity index is 810. The van der Waals surface area contributed by atoms with Crippen molar-refractivity contribution in [1.82, 2.24) is 15.1 Å². The molecule has 7 nitrogen and oxygen atoms in total. The van der Waals surface area contributed by atoms with Gasteiger partial charge in [-0.1, -0.05) is 18.7 Å². The third kappa shape index (κ3) is 4.05. The SMILES string of the molecule is CC[C@H]1CCCCN1C(=O)CSc1nnc(-c2ccc3c(c2)OCCO3)o1. The number of ether oxygens (including phenoxy) is 2. The number of hydrogen-bond acceptors (Lipinski definition) is 7. The summed E-state index contributed by atoms with van der Waals surface area (Å²) in [4.78, 5) is 14.6. The molecule has 1 fully saturated rings. The molecule has 1 aromatic heterocycles. The maximum atomic E-state index is 12.6. The van der Waals surface area contributed by atoms with E-state index in [4.69, 9.17) is 13.9 Å². The molecule has 1 amide bonds. The van der Waals surface area contributed by atoms with Crippen LogP contribution in [0, 0.1) is 0 Å². The van der Waals surface area contributed by atoms with E-state index in [0.717, 1.165) is 37.1 Å². The van der Waals surface area contributed by atoms with Crippen molar-refractivity contribution in [3.8, 4) is 23.0 Å². The first-order valence-electron chi connectivity index (χ1n) is 9.40. The Balaban J connectivity index is 1.39. The van der Waals surface area contributed by atoms with E-state index < -0.39 is 0 Å². The van der Waals surface area contributed by atoms with Crippen molar-refractivity contribution >= 4 is 17.7 Å². The lowest BCUT2D eigenvalue weighted by Crippen LogP contribution is -2.44. The van der Waals surface area contributed by atoms with Gasteiger partial charge in [-0.25, -0.2) is 0 Å². The quantitative estimate of drug-likeness (QED) is 0.725. The van der Waals surface area contributed by atoms with Gasteiger partial charge in [0.15, 0.2) is 11.5 Å². The molecule has 27 heavy (non-hydrogen) atoms. The lowest BCUT2D eigenvalue weighted by atomic mass is 10.0. The molecule has 0 radical (unpaired) electrons. The minimum atomic E-state index is 0.144. The number of aromatic nitrogens is 2.